The van der Waals surface area contributed by atoms with Gasteiger partial charge in [0.05, 0.1) is 5.56 Å². The molecule has 0 bridgehead atoms. The number of carboxylic acids is 1. The zero-order valence-electron chi connectivity index (χ0n) is 10.9. The van der Waals surface area contributed by atoms with Crippen LogP contribution in [0, 0.1) is 13.8 Å². The van der Waals surface area contributed by atoms with E-state index in [0.29, 0.717) is 5.56 Å². The van der Waals surface area contributed by atoms with Gasteiger partial charge >= 0.3 is 5.97 Å². The van der Waals surface area contributed by atoms with Crippen molar-refractivity contribution in [3.05, 3.63) is 59.2 Å². The highest BCUT2D eigenvalue weighted by molar-refractivity contribution is 6.16. The smallest absolute Gasteiger partial charge is 0.336 e. The van der Waals surface area contributed by atoms with Gasteiger partial charge in [0.2, 0.25) is 0 Å². The molecule has 3 rings (SSSR count). The zero-order chi connectivity index (χ0) is 13.6. The van der Waals surface area contributed by atoms with Crippen molar-refractivity contribution in [2.24, 2.45) is 0 Å². The molecular weight excluding hydrogens is 236 g/mol. The highest BCUT2D eigenvalue weighted by atomic mass is 16.4. The number of hydrogen-bond donors (Lipinski definition) is 1. The molecule has 0 aliphatic rings. The van der Waals surface area contributed by atoms with Crippen molar-refractivity contribution >= 4 is 27.5 Å². The van der Waals surface area contributed by atoms with E-state index in [1.54, 1.807) is 6.07 Å². The average Bonchev–Trinajstić information content (AvgIpc) is 2.38. The summed E-state index contributed by atoms with van der Waals surface area (Å²) in [5.41, 5.74) is 2.61. The van der Waals surface area contributed by atoms with Crippen LogP contribution in [-0.2, 0) is 0 Å². The molecular formula is C17H14O2. The summed E-state index contributed by atoms with van der Waals surface area (Å²) < 4.78 is 0. The second-order valence-electron chi connectivity index (χ2n) is 4.95. The van der Waals surface area contributed by atoms with Crippen molar-refractivity contribution in [1.82, 2.24) is 0 Å². The standard InChI is InChI=1S/C17H14O2/c1-10-6-7-13-15(8-10)12-5-3-4-11(2)14(12)9-16(13)17(18)19/h3-9H,1-2H3,(H,18,19). The Morgan fingerprint density at radius 2 is 1.68 bits per heavy atom. The fourth-order valence-electron chi connectivity index (χ4n) is 2.62. The van der Waals surface area contributed by atoms with Gasteiger partial charge in [-0.05, 0) is 47.0 Å². The number of hydrogen-bond acceptors (Lipinski definition) is 1. The van der Waals surface area contributed by atoms with Gasteiger partial charge in [0.25, 0.3) is 0 Å². The minimum absolute atomic E-state index is 0.372. The molecule has 2 heteroatoms. The van der Waals surface area contributed by atoms with E-state index in [1.807, 2.05) is 38.1 Å². The molecule has 94 valence electrons. The van der Waals surface area contributed by atoms with Crippen molar-refractivity contribution in [1.29, 1.82) is 0 Å². The molecule has 3 aromatic carbocycles. The number of benzene rings is 3. The van der Waals surface area contributed by atoms with E-state index < -0.39 is 5.97 Å². The largest absolute Gasteiger partial charge is 0.478 e. The normalized spacial score (nSPS) is 11.1. The molecule has 0 amide bonds. The van der Waals surface area contributed by atoms with E-state index in [1.165, 1.54) is 0 Å². The fourth-order valence-corrected chi connectivity index (χ4v) is 2.62. The second kappa shape index (κ2) is 4.09. The number of carboxylic acid groups (broad SMARTS) is 1. The lowest BCUT2D eigenvalue weighted by Crippen LogP contribution is -1.98. The Morgan fingerprint density at radius 1 is 0.895 bits per heavy atom. The maximum absolute atomic E-state index is 11.5. The molecule has 0 saturated carbocycles. The SMILES string of the molecule is Cc1ccc2c(C(=O)O)cc3c(C)cccc3c2c1. The molecule has 0 unspecified atom stereocenters. The fraction of sp³-hybridized carbons (Fsp3) is 0.118. The van der Waals surface area contributed by atoms with Crippen LogP contribution in [0.2, 0.25) is 0 Å². The van der Waals surface area contributed by atoms with Crippen LogP contribution >= 0.6 is 0 Å². The van der Waals surface area contributed by atoms with Gasteiger partial charge < -0.3 is 5.11 Å². The van der Waals surface area contributed by atoms with E-state index in [4.69, 9.17) is 0 Å². The highest BCUT2D eigenvalue weighted by Crippen LogP contribution is 2.31. The Kier molecular flexibility index (Phi) is 2.53. The third-order valence-corrected chi connectivity index (χ3v) is 3.60. The molecule has 0 heterocycles. The van der Waals surface area contributed by atoms with Crippen LogP contribution in [0.3, 0.4) is 0 Å². The quantitative estimate of drug-likeness (QED) is 0.653. The number of fused-ring (bicyclic) bond motifs is 3. The Morgan fingerprint density at radius 3 is 2.42 bits per heavy atom. The molecule has 0 fully saturated rings. The molecule has 1 N–H and O–H groups in total. The monoisotopic (exact) mass is 250 g/mol. The summed E-state index contributed by atoms with van der Waals surface area (Å²) in [7, 11) is 0. The van der Waals surface area contributed by atoms with E-state index in [2.05, 4.69) is 12.1 Å². The Bertz CT molecular complexity index is 816. The van der Waals surface area contributed by atoms with Gasteiger partial charge in [0.15, 0.2) is 0 Å². The lowest BCUT2D eigenvalue weighted by molar-refractivity contribution is 0.0699. The molecule has 19 heavy (non-hydrogen) atoms. The molecule has 0 saturated heterocycles. The Labute approximate surface area is 111 Å². The maximum atomic E-state index is 11.5. The van der Waals surface area contributed by atoms with Crippen LogP contribution in [0.25, 0.3) is 21.5 Å². The van der Waals surface area contributed by atoms with Crippen LogP contribution in [0.1, 0.15) is 21.5 Å². The van der Waals surface area contributed by atoms with E-state index in [-0.39, 0.29) is 0 Å². The first-order chi connectivity index (χ1) is 9.08. The number of aromatic carboxylic acids is 1. The van der Waals surface area contributed by atoms with Crippen LogP contribution in [-0.4, -0.2) is 11.1 Å². The predicted octanol–water partition coefficient (Wildman–Crippen LogP) is 4.31. The van der Waals surface area contributed by atoms with Crippen LogP contribution in [0.4, 0.5) is 0 Å². The summed E-state index contributed by atoms with van der Waals surface area (Å²) in [4.78, 5) is 11.5. The topological polar surface area (TPSA) is 37.3 Å². The van der Waals surface area contributed by atoms with Crippen molar-refractivity contribution in [2.75, 3.05) is 0 Å². The maximum Gasteiger partial charge on any atom is 0.336 e. The van der Waals surface area contributed by atoms with Gasteiger partial charge in [0, 0.05) is 0 Å². The van der Waals surface area contributed by atoms with E-state index >= 15 is 0 Å². The number of rotatable bonds is 1. The molecule has 2 nitrogen and oxygen atoms in total. The van der Waals surface area contributed by atoms with Crippen molar-refractivity contribution in [3.8, 4) is 0 Å². The Hall–Kier alpha value is -2.35. The average molecular weight is 250 g/mol. The van der Waals surface area contributed by atoms with Crippen molar-refractivity contribution < 1.29 is 9.90 Å². The predicted molar refractivity (Wildman–Crippen MR) is 77.9 cm³/mol. The first kappa shape index (κ1) is 11.7. The zero-order valence-corrected chi connectivity index (χ0v) is 10.9. The van der Waals surface area contributed by atoms with Gasteiger partial charge in [-0.1, -0.05) is 42.0 Å². The molecule has 0 aliphatic carbocycles. The summed E-state index contributed by atoms with van der Waals surface area (Å²) in [5.74, 6) is -0.876. The minimum atomic E-state index is -0.876. The summed E-state index contributed by atoms with van der Waals surface area (Å²) in [6.45, 7) is 4.03. The van der Waals surface area contributed by atoms with Crippen LogP contribution in [0.5, 0.6) is 0 Å². The summed E-state index contributed by atoms with van der Waals surface area (Å²) >= 11 is 0. The Balaban J connectivity index is 2.61. The molecule has 0 aliphatic heterocycles. The number of carbonyl (C=O) groups is 1. The molecule has 0 aromatic heterocycles. The van der Waals surface area contributed by atoms with Crippen molar-refractivity contribution in [3.63, 3.8) is 0 Å². The lowest BCUT2D eigenvalue weighted by Gasteiger charge is -2.10. The summed E-state index contributed by atoms with van der Waals surface area (Å²) in [5, 5.41) is 13.3. The van der Waals surface area contributed by atoms with Crippen LogP contribution < -0.4 is 0 Å². The third kappa shape index (κ3) is 1.76. The highest BCUT2D eigenvalue weighted by Gasteiger charge is 2.12. The molecule has 0 atom stereocenters. The van der Waals surface area contributed by atoms with Gasteiger partial charge in [-0.3, -0.25) is 0 Å². The molecule has 0 radical (unpaired) electrons. The summed E-state index contributed by atoms with van der Waals surface area (Å²) in [6.07, 6.45) is 0. The number of aryl methyl sites for hydroxylation is 2. The van der Waals surface area contributed by atoms with Gasteiger partial charge in [-0.25, -0.2) is 4.79 Å². The van der Waals surface area contributed by atoms with Gasteiger partial charge in [-0.15, -0.1) is 0 Å². The first-order valence-electron chi connectivity index (χ1n) is 6.24. The molecule has 0 spiro atoms. The lowest BCUT2D eigenvalue weighted by atomic mass is 9.94. The van der Waals surface area contributed by atoms with Crippen LogP contribution in [0.15, 0.2) is 42.5 Å². The van der Waals surface area contributed by atoms with Gasteiger partial charge in [-0.2, -0.15) is 0 Å². The van der Waals surface area contributed by atoms with E-state index in [9.17, 15) is 9.90 Å². The minimum Gasteiger partial charge on any atom is -0.478 e. The van der Waals surface area contributed by atoms with Gasteiger partial charge in [0.1, 0.15) is 0 Å². The second-order valence-corrected chi connectivity index (χ2v) is 4.95. The first-order valence-corrected chi connectivity index (χ1v) is 6.24. The summed E-state index contributed by atoms with van der Waals surface area (Å²) in [6, 6.07) is 13.8. The third-order valence-electron chi connectivity index (χ3n) is 3.60. The van der Waals surface area contributed by atoms with Crippen molar-refractivity contribution in [2.45, 2.75) is 13.8 Å². The molecule has 3 aromatic rings. The van der Waals surface area contributed by atoms with E-state index in [0.717, 1.165) is 32.7 Å².